The van der Waals surface area contributed by atoms with Gasteiger partial charge < -0.3 is 19.0 Å². The first kappa shape index (κ1) is 31.4. The van der Waals surface area contributed by atoms with Gasteiger partial charge in [-0.25, -0.2) is 19.3 Å². The van der Waals surface area contributed by atoms with Gasteiger partial charge in [0.25, 0.3) is 16.0 Å². The standard InChI is InChI=1S/C28H34FN7O6SSi/c1-17(28-32-19(14-41-28)15-42-43(3,38)39)31-27(37)21-13-36(16-40-9-10-44(4,5)6)26-25(21)33-22(12-30-26)24-20-8-7-18(29)11-23(20)35(2)34-24/h7-8,11-14,17H,9-10,15-16H2,1-6H3,(H,31,37)/t17-/m1/s1. The second-order valence-corrected chi connectivity index (χ2v) is 19.0. The van der Waals surface area contributed by atoms with E-state index in [4.69, 9.17) is 18.3 Å². The lowest BCUT2D eigenvalue weighted by molar-refractivity contribution is 0.0889. The quantitative estimate of drug-likeness (QED) is 0.117. The molecular formula is C28H34FN7O6SSi. The fraction of sp³-hybridized carbons (Fsp3) is 0.393. The van der Waals surface area contributed by atoms with Crippen molar-refractivity contribution in [1.29, 1.82) is 0 Å². The van der Waals surface area contributed by atoms with Crippen molar-refractivity contribution in [3.63, 3.8) is 0 Å². The molecule has 0 aliphatic heterocycles. The number of carbonyl (C=O) groups excluding carboxylic acids is 1. The molecule has 0 aliphatic carbocycles. The first-order valence-electron chi connectivity index (χ1n) is 13.8. The lowest BCUT2D eigenvalue weighted by Crippen LogP contribution is -2.27. The molecule has 44 heavy (non-hydrogen) atoms. The number of fused-ring (bicyclic) bond motifs is 2. The van der Waals surface area contributed by atoms with Crippen LogP contribution in [0.2, 0.25) is 25.7 Å². The number of rotatable bonds is 12. The molecule has 0 fully saturated rings. The Kier molecular flexibility index (Phi) is 8.70. The molecule has 1 amide bonds. The van der Waals surface area contributed by atoms with Crippen molar-refractivity contribution < 1.29 is 30.9 Å². The molecule has 1 aromatic carbocycles. The maximum absolute atomic E-state index is 13.9. The highest BCUT2D eigenvalue weighted by atomic mass is 32.2. The highest BCUT2D eigenvalue weighted by Crippen LogP contribution is 2.29. The summed E-state index contributed by atoms with van der Waals surface area (Å²) in [6, 6.07) is 4.69. The third-order valence-electron chi connectivity index (χ3n) is 6.80. The number of oxazole rings is 1. The lowest BCUT2D eigenvalue weighted by atomic mass is 10.1. The van der Waals surface area contributed by atoms with Crippen LogP contribution in [0.1, 0.15) is 34.9 Å². The maximum atomic E-state index is 13.9. The minimum atomic E-state index is -3.66. The topological polar surface area (TPSA) is 156 Å². The first-order chi connectivity index (χ1) is 20.7. The molecule has 4 aromatic heterocycles. The van der Waals surface area contributed by atoms with Crippen molar-refractivity contribution in [2.45, 2.75) is 52.0 Å². The zero-order valence-corrected chi connectivity index (χ0v) is 27.1. The van der Waals surface area contributed by atoms with Crippen LogP contribution in [0.25, 0.3) is 33.5 Å². The summed E-state index contributed by atoms with van der Waals surface area (Å²) in [5.74, 6) is -0.674. The van der Waals surface area contributed by atoms with E-state index in [0.29, 0.717) is 40.1 Å². The summed E-state index contributed by atoms with van der Waals surface area (Å²) in [7, 11) is -3.25. The number of aromatic nitrogens is 6. The fourth-order valence-electron chi connectivity index (χ4n) is 4.48. The normalized spacial score (nSPS) is 13.2. The van der Waals surface area contributed by atoms with Gasteiger partial charge in [-0.1, -0.05) is 19.6 Å². The predicted molar refractivity (Wildman–Crippen MR) is 163 cm³/mol. The Hall–Kier alpha value is -3.99. The Balaban J connectivity index is 1.46. The van der Waals surface area contributed by atoms with Crippen LogP contribution in [-0.4, -0.2) is 64.6 Å². The summed E-state index contributed by atoms with van der Waals surface area (Å²) in [6.07, 6.45) is 5.42. The molecule has 1 N–H and O–H groups in total. The summed E-state index contributed by atoms with van der Waals surface area (Å²) < 4.78 is 56.0. The average molecular weight is 644 g/mol. The molecule has 5 rings (SSSR count). The minimum Gasteiger partial charge on any atom is -0.446 e. The molecule has 5 aromatic rings. The molecule has 16 heteroatoms. The predicted octanol–water partition coefficient (Wildman–Crippen LogP) is 4.39. The summed E-state index contributed by atoms with van der Waals surface area (Å²) in [5.41, 5.74) is 2.79. The molecule has 4 heterocycles. The van der Waals surface area contributed by atoms with Gasteiger partial charge in [-0.2, -0.15) is 13.5 Å². The van der Waals surface area contributed by atoms with Crippen molar-refractivity contribution in [3.8, 4) is 11.4 Å². The van der Waals surface area contributed by atoms with Gasteiger partial charge in [-0.05, 0) is 31.2 Å². The van der Waals surface area contributed by atoms with E-state index >= 15 is 0 Å². The van der Waals surface area contributed by atoms with Crippen molar-refractivity contribution in [3.05, 3.63) is 59.8 Å². The molecule has 0 unspecified atom stereocenters. The van der Waals surface area contributed by atoms with Gasteiger partial charge in [0, 0.05) is 33.3 Å². The van der Waals surface area contributed by atoms with Gasteiger partial charge >= 0.3 is 0 Å². The number of aryl methyl sites for hydroxylation is 1. The van der Waals surface area contributed by atoms with Crippen molar-refractivity contribution in [1.82, 2.24) is 34.6 Å². The second-order valence-electron chi connectivity index (χ2n) is 11.8. The van der Waals surface area contributed by atoms with E-state index in [-0.39, 0.29) is 36.3 Å². The molecule has 13 nitrogen and oxygen atoms in total. The van der Waals surface area contributed by atoms with Crippen molar-refractivity contribution >= 4 is 46.2 Å². The van der Waals surface area contributed by atoms with E-state index in [1.54, 1.807) is 41.7 Å². The SMILES string of the molecule is C[C@@H](NC(=O)c1cn(COCC[Si](C)(C)C)c2ncc(-c3nn(C)c4cc(F)ccc34)nc12)c1nc(COS(C)(=O)=O)co1. The Labute approximate surface area is 254 Å². The van der Waals surface area contributed by atoms with Crippen LogP contribution in [0.4, 0.5) is 4.39 Å². The van der Waals surface area contributed by atoms with E-state index in [9.17, 15) is 17.6 Å². The number of carbonyl (C=O) groups is 1. The third kappa shape index (κ3) is 7.20. The average Bonchev–Trinajstić information content (AvgIpc) is 3.65. The van der Waals surface area contributed by atoms with Crippen LogP contribution < -0.4 is 5.32 Å². The molecule has 0 radical (unpaired) electrons. The van der Waals surface area contributed by atoms with Gasteiger partial charge in [-0.15, -0.1) is 0 Å². The summed E-state index contributed by atoms with van der Waals surface area (Å²) >= 11 is 0. The second kappa shape index (κ2) is 12.2. The van der Waals surface area contributed by atoms with Gasteiger partial charge in [0.15, 0.2) is 5.65 Å². The number of halogens is 1. The highest BCUT2D eigenvalue weighted by Gasteiger charge is 2.24. The Bertz CT molecular complexity index is 1950. The Morgan fingerprint density at radius 3 is 2.73 bits per heavy atom. The number of hydrogen-bond acceptors (Lipinski definition) is 10. The summed E-state index contributed by atoms with van der Waals surface area (Å²) in [6.45, 7) is 8.94. The minimum absolute atomic E-state index is 0.169. The van der Waals surface area contributed by atoms with Gasteiger partial charge in [0.1, 0.15) is 54.1 Å². The molecule has 0 saturated heterocycles. The molecular weight excluding hydrogens is 610 g/mol. The van der Waals surface area contributed by atoms with Crippen LogP contribution in [0.5, 0.6) is 0 Å². The number of nitrogens with one attached hydrogen (secondary N) is 1. The van der Waals surface area contributed by atoms with E-state index in [0.717, 1.165) is 12.3 Å². The smallest absolute Gasteiger partial charge is 0.264 e. The number of ether oxygens (including phenoxy) is 1. The molecule has 0 spiro atoms. The van der Waals surface area contributed by atoms with Crippen LogP contribution in [-0.2, 0) is 39.4 Å². The zero-order valence-electron chi connectivity index (χ0n) is 25.3. The van der Waals surface area contributed by atoms with Crippen LogP contribution in [0, 0.1) is 5.82 Å². The number of benzene rings is 1. The molecule has 1 atom stereocenters. The Morgan fingerprint density at radius 2 is 2.00 bits per heavy atom. The first-order valence-corrected chi connectivity index (χ1v) is 19.4. The van der Waals surface area contributed by atoms with Crippen LogP contribution in [0.3, 0.4) is 0 Å². The van der Waals surface area contributed by atoms with Crippen LogP contribution >= 0.6 is 0 Å². The van der Waals surface area contributed by atoms with E-state index in [1.807, 2.05) is 0 Å². The fourth-order valence-corrected chi connectivity index (χ4v) is 5.57. The molecule has 0 aliphatic rings. The Morgan fingerprint density at radius 1 is 1.23 bits per heavy atom. The zero-order chi connectivity index (χ0) is 31.8. The van der Waals surface area contributed by atoms with Gasteiger partial charge in [0.05, 0.1) is 23.5 Å². The highest BCUT2D eigenvalue weighted by molar-refractivity contribution is 7.85. The maximum Gasteiger partial charge on any atom is 0.264 e. The van der Waals surface area contributed by atoms with Gasteiger partial charge in [0.2, 0.25) is 5.89 Å². The number of nitrogens with zero attached hydrogens (tertiary/aromatic N) is 6. The van der Waals surface area contributed by atoms with Crippen molar-refractivity contribution in [2.24, 2.45) is 7.05 Å². The van der Waals surface area contributed by atoms with E-state index in [2.05, 4.69) is 40.0 Å². The van der Waals surface area contributed by atoms with Crippen LogP contribution in [0.15, 0.2) is 41.3 Å². The monoisotopic (exact) mass is 643 g/mol. The van der Waals surface area contributed by atoms with Crippen molar-refractivity contribution in [2.75, 3.05) is 12.9 Å². The third-order valence-corrected chi connectivity index (χ3v) is 9.05. The van der Waals surface area contributed by atoms with Gasteiger partial charge in [-0.3, -0.25) is 13.7 Å². The lowest BCUT2D eigenvalue weighted by Gasteiger charge is -2.15. The van der Waals surface area contributed by atoms with E-state index < -0.39 is 30.1 Å². The molecule has 0 bridgehead atoms. The van der Waals surface area contributed by atoms with E-state index in [1.165, 1.54) is 18.4 Å². The summed E-state index contributed by atoms with van der Waals surface area (Å²) in [4.78, 5) is 27.3. The summed E-state index contributed by atoms with van der Waals surface area (Å²) in [5, 5.41) is 8.09. The number of amides is 1. The number of hydrogen-bond donors (Lipinski definition) is 1. The molecule has 234 valence electrons. The largest absolute Gasteiger partial charge is 0.446 e. The molecule has 0 saturated carbocycles.